The quantitative estimate of drug-likeness (QED) is 0.497. The van der Waals surface area contributed by atoms with Gasteiger partial charge in [-0.2, -0.15) is 0 Å². The van der Waals surface area contributed by atoms with Gasteiger partial charge in [0.15, 0.2) is 0 Å². The molecule has 0 aromatic rings. The SMILES string of the molecule is CCCOC(=O)C(C)(Cl)Cl. The lowest BCUT2D eigenvalue weighted by Gasteiger charge is -2.10. The van der Waals surface area contributed by atoms with Crippen LogP contribution in [-0.2, 0) is 9.53 Å². The van der Waals surface area contributed by atoms with Crippen LogP contribution in [0.2, 0.25) is 0 Å². The Labute approximate surface area is 70.4 Å². The summed E-state index contributed by atoms with van der Waals surface area (Å²) in [6, 6.07) is 0. The van der Waals surface area contributed by atoms with E-state index < -0.39 is 10.3 Å². The molecule has 0 aromatic carbocycles. The lowest BCUT2D eigenvalue weighted by atomic mass is 10.4. The lowest BCUT2D eigenvalue weighted by Crippen LogP contribution is -2.24. The number of ether oxygens (including phenoxy) is 1. The van der Waals surface area contributed by atoms with Crippen molar-refractivity contribution in [1.29, 1.82) is 0 Å². The van der Waals surface area contributed by atoms with Crippen LogP contribution in [0.1, 0.15) is 20.3 Å². The van der Waals surface area contributed by atoms with Crippen molar-refractivity contribution in [2.45, 2.75) is 24.6 Å². The van der Waals surface area contributed by atoms with E-state index in [1.807, 2.05) is 6.92 Å². The zero-order valence-corrected chi connectivity index (χ0v) is 7.50. The fraction of sp³-hybridized carbons (Fsp3) is 0.833. The molecule has 0 atom stereocenters. The molecule has 0 aliphatic rings. The molecule has 2 nitrogen and oxygen atoms in total. The summed E-state index contributed by atoms with van der Waals surface area (Å²) in [5.41, 5.74) is 0. The third-order valence-corrected chi connectivity index (χ3v) is 1.10. The predicted molar refractivity (Wildman–Crippen MR) is 41.4 cm³/mol. The van der Waals surface area contributed by atoms with Crippen molar-refractivity contribution in [3.05, 3.63) is 0 Å². The molecule has 0 saturated heterocycles. The number of esters is 1. The highest BCUT2D eigenvalue weighted by Crippen LogP contribution is 2.20. The fourth-order valence-corrected chi connectivity index (χ4v) is 0.431. The third kappa shape index (κ3) is 3.96. The molecule has 0 bridgehead atoms. The summed E-state index contributed by atoms with van der Waals surface area (Å²) >= 11 is 10.8. The maximum Gasteiger partial charge on any atom is 0.342 e. The average Bonchev–Trinajstić information content (AvgIpc) is 1.80. The number of hydrogen-bond acceptors (Lipinski definition) is 2. The molecule has 0 aromatic heterocycles. The number of rotatable bonds is 3. The van der Waals surface area contributed by atoms with E-state index in [0.29, 0.717) is 6.61 Å². The molecule has 0 aliphatic carbocycles. The second kappa shape index (κ2) is 4.04. The average molecular weight is 185 g/mol. The summed E-state index contributed by atoms with van der Waals surface area (Å²) in [5, 5.41) is 0. The van der Waals surface area contributed by atoms with Crippen LogP contribution >= 0.6 is 23.2 Å². The maximum absolute atomic E-state index is 10.7. The molecule has 0 N–H and O–H groups in total. The normalized spacial score (nSPS) is 11.2. The number of carbonyl (C=O) groups excluding carboxylic acids is 1. The molecule has 0 amide bonds. The van der Waals surface area contributed by atoms with Crippen molar-refractivity contribution < 1.29 is 9.53 Å². The highest BCUT2D eigenvalue weighted by Gasteiger charge is 2.28. The van der Waals surface area contributed by atoms with Crippen molar-refractivity contribution in [2.75, 3.05) is 6.61 Å². The van der Waals surface area contributed by atoms with Crippen molar-refractivity contribution in [2.24, 2.45) is 0 Å². The van der Waals surface area contributed by atoms with Gasteiger partial charge >= 0.3 is 5.97 Å². The summed E-state index contributed by atoms with van der Waals surface area (Å²) < 4.78 is 3.25. The molecule has 10 heavy (non-hydrogen) atoms. The third-order valence-electron chi connectivity index (χ3n) is 0.796. The van der Waals surface area contributed by atoms with Crippen molar-refractivity contribution >= 4 is 29.2 Å². The largest absolute Gasteiger partial charge is 0.463 e. The summed E-state index contributed by atoms with van der Waals surface area (Å²) in [4.78, 5) is 10.7. The van der Waals surface area contributed by atoms with Gasteiger partial charge in [-0.05, 0) is 13.3 Å². The van der Waals surface area contributed by atoms with E-state index in [0.717, 1.165) is 6.42 Å². The summed E-state index contributed by atoms with van der Waals surface area (Å²) in [7, 11) is 0. The second-order valence-electron chi connectivity index (χ2n) is 2.02. The molecular weight excluding hydrogens is 175 g/mol. The number of hydrogen-bond donors (Lipinski definition) is 0. The van der Waals surface area contributed by atoms with Gasteiger partial charge < -0.3 is 4.74 Å². The van der Waals surface area contributed by atoms with Gasteiger partial charge in [-0.1, -0.05) is 30.1 Å². The van der Waals surface area contributed by atoms with Gasteiger partial charge in [0.25, 0.3) is 0 Å². The zero-order valence-electron chi connectivity index (χ0n) is 5.99. The van der Waals surface area contributed by atoms with E-state index in [1.165, 1.54) is 6.92 Å². The molecule has 0 rings (SSSR count). The highest BCUT2D eigenvalue weighted by molar-refractivity contribution is 6.57. The van der Waals surface area contributed by atoms with E-state index in [1.54, 1.807) is 0 Å². The summed E-state index contributed by atoms with van der Waals surface area (Å²) in [6.07, 6.45) is 0.773. The van der Waals surface area contributed by atoms with Crippen molar-refractivity contribution in [3.8, 4) is 0 Å². The molecular formula is C6H10Cl2O2. The molecule has 0 unspecified atom stereocenters. The van der Waals surface area contributed by atoms with Gasteiger partial charge in [0.2, 0.25) is 4.33 Å². The Bertz CT molecular complexity index is 117. The van der Waals surface area contributed by atoms with Crippen LogP contribution in [0.5, 0.6) is 0 Å². The van der Waals surface area contributed by atoms with Gasteiger partial charge in [0, 0.05) is 0 Å². The Hall–Kier alpha value is 0.0500. The zero-order chi connectivity index (χ0) is 8.20. The van der Waals surface area contributed by atoms with Crippen molar-refractivity contribution in [1.82, 2.24) is 0 Å². The standard InChI is InChI=1S/C6H10Cl2O2/c1-3-4-10-5(9)6(2,7)8/h3-4H2,1-2H3. The van der Waals surface area contributed by atoms with Crippen LogP contribution in [0.4, 0.5) is 0 Å². The number of halogens is 2. The smallest absolute Gasteiger partial charge is 0.342 e. The fourth-order valence-electron chi connectivity index (χ4n) is 0.321. The molecule has 4 heteroatoms. The van der Waals surface area contributed by atoms with Gasteiger partial charge in [0.05, 0.1) is 6.61 Å². The van der Waals surface area contributed by atoms with E-state index >= 15 is 0 Å². The minimum absolute atomic E-state index is 0.369. The van der Waals surface area contributed by atoms with Crippen LogP contribution in [-0.4, -0.2) is 16.9 Å². The first-order valence-corrected chi connectivity index (χ1v) is 3.79. The first-order valence-electron chi connectivity index (χ1n) is 3.03. The molecule has 60 valence electrons. The molecule has 0 aliphatic heterocycles. The van der Waals surface area contributed by atoms with Crippen LogP contribution in [0.25, 0.3) is 0 Å². The Morgan fingerprint density at radius 2 is 2.10 bits per heavy atom. The van der Waals surface area contributed by atoms with Crippen LogP contribution < -0.4 is 0 Å². The maximum atomic E-state index is 10.7. The van der Waals surface area contributed by atoms with E-state index in [-0.39, 0.29) is 0 Å². The lowest BCUT2D eigenvalue weighted by molar-refractivity contribution is -0.144. The minimum Gasteiger partial charge on any atom is -0.463 e. The van der Waals surface area contributed by atoms with Crippen LogP contribution in [0, 0.1) is 0 Å². The van der Waals surface area contributed by atoms with E-state index in [4.69, 9.17) is 23.2 Å². The first kappa shape index (κ1) is 10.0. The predicted octanol–water partition coefficient (Wildman–Crippen LogP) is 2.13. The highest BCUT2D eigenvalue weighted by atomic mass is 35.5. The monoisotopic (exact) mass is 184 g/mol. The summed E-state index contributed by atoms with van der Waals surface area (Å²) in [6.45, 7) is 3.65. The van der Waals surface area contributed by atoms with E-state index in [2.05, 4.69) is 4.74 Å². The van der Waals surface area contributed by atoms with Gasteiger partial charge in [-0.15, -0.1) is 0 Å². The Balaban J connectivity index is 3.64. The molecule has 0 fully saturated rings. The Kier molecular flexibility index (Phi) is 4.06. The van der Waals surface area contributed by atoms with Crippen LogP contribution in [0.15, 0.2) is 0 Å². The van der Waals surface area contributed by atoms with Gasteiger partial charge in [-0.25, -0.2) is 4.79 Å². The second-order valence-corrected chi connectivity index (χ2v) is 3.73. The van der Waals surface area contributed by atoms with Crippen LogP contribution in [0.3, 0.4) is 0 Å². The van der Waals surface area contributed by atoms with E-state index in [9.17, 15) is 4.79 Å². The molecule has 0 radical (unpaired) electrons. The topological polar surface area (TPSA) is 26.3 Å². The number of alkyl halides is 2. The minimum atomic E-state index is -1.41. The Morgan fingerprint density at radius 1 is 1.60 bits per heavy atom. The Morgan fingerprint density at radius 3 is 2.40 bits per heavy atom. The van der Waals surface area contributed by atoms with Crippen molar-refractivity contribution in [3.63, 3.8) is 0 Å². The van der Waals surface area contributed by atoms with Gasteiger partial charge in [0.1, 0.15) is 0 Å². The molecule has 0 saturated carbocycles. The molecule has 0 spiro atoms. The summed E-state index contributed by atoms with van der Waals surface area (Å²) in [5.74, 6) is -0.585. The first-order chi connectivity index (χ1) is 4.48. The number of carbonyl (C=O) groups is 1. The van der Waals surface area contributed by atoms with Gasteiger partial charge in [-0.3, -0.25) is 0 Å². The molecule has 0 heterocycles.